The average molecular weight is 171 g/mol. The highest BCUT2D eigenvalue weighted by molar-refractivity contribution is 7.11. The highest BCUT2D eigenvalue weighted by atomic mass is 32.1. The van der Waals surface area contributed by atoms with Crippen LogP contribution in [0.4, 0.5) is 0 Å². The van der Waals surface area contributed by atoms with E-state index < -0.39 is 0 Å². The maximum atomic E-state index is 5.39. The normalized spacial score (nSPS) is 13.4. The molecule has 11 heavy (non-hydrogen) atoms. The van der Waals surface area contributed by atoms with Crippen molar-refractivity contribution < 1.29 is 4.74 Å². The molecule has 0 saturated carbocycles. The summed E-state index contributed by atoms with van der Waals surface area (Å²) < 4.78 is 5.39. The summed E-state index contributed by atoms with van der Waals surface area (Å²) in [4.78, 5) is 5.47. The second kappa shape index (κ2) is 3.83. The zero-order valence-corrected chi connectivity index (χ0v) is 7.94. The molecule has 0 aliphatic heterocycles. The van der Waals surface area contributed by atoms with E-state index in [2.05, 4.69) is 11.9 Å². The molecule has 0 radical (unpaired) electrons. The lowest BCUT2D eigenvalue weighted by atomic mass is 10.4. The van der Waals surface area contributed by atoms with E-state index in [0.29, 0.717) is 0 Å². The number of hydrogen-bond acceptors (Lipinski definition) is 3. The molecule has 0 aliphatic carbocycles. The molecular weight excluding hydrogens is 158 g/mol. The Bertz CT molecular complexity index is 222. The molecule has 0 saturated heterocycles. The first-order chi connectivity index (χ1) is 5.24. The molecular formula is C8H13NOS. The molecule has 1 aromatic rings. The van der Waals surface area contributed by atoms with Crippen molar-refractivity contribution in [1.29, 1.82) is 0 Å². The van der Waals surface area contributed by atoms with Gasteiger partial charge in [0.2, 0.25) is 0 Å². The summed E-state index contributed by atoms with van der Waals surface area (Å²) in [5, 5.41) is 1.07. The van der Waals surface area contributed by atoms with Gasteiger partial charge >= 0.3 is 0 Å². The molecule has 0 fully saturated rings. The predicted octanol–water partition coefficient (Wildman–Crippen LogP) is 2.55. The van der Waals surface area contributed by atoms with Gasteiger partial charge in [-0.1, -0.05) is 0 Å². The lowest BCUT2D eigenvalue weighted by Crippen LogP contribution is -1.97. The lowest BCUT2D eigenvalue weighted by Gasteiger charge is -2.06. The second-order valence-corrected chi connectivity index (χ2v) is 3.67. The van der Waals surface area contributed by atoms with Crippen LogP contribution in [0, 0.1) is 6.92 Å². The van der Waals surface area contributed by atoms with Gasteiger partial charge in [-0.25, -0.2) is 4.98 Å². The van der Waals surface area contributed by atoms with E-state index in [-0.39, 0.29) is 6.10 Å². The van der Waals surface area contributed by atoms with E-state index in [0.717, 1.165) is 11.6 Å². The Balaban J connectivity index is 2.60. The minimum absolute atomic E-state index is 0.152. The molecule has 0 aromatic carbocycles. The number of nitrogens with zero attached hydrogens (tertiary/aromatic N) is 1. The van der Waals surface area contributed by atoms with Crippen LogP contribution < -0.4 is 0 Å². The first kappa shape index (κ1) is 8.68. The van der Waals surface area contributed by atoms with Crippen molar-refractivity contribution in [2.75, 3.05) is 6.61 Å². The molecule has 1 aromatic heterocycles. The predicted molar refractivity (Wildman–Crippen MR) is 46.9 cm³/mol. The van der Waals surface area contributed by atoms with E-state index in [9.17, 15) is 0 Å². The Morgan fingerprint density at radius 3 is 2.91 bits per heavy atom. The van der Waals surface area contributed by atoms with E-state index in [1.54, 1.807) is 11.3 Å². The number of hydrogen-bond donors (Lipinski definition) is 0. The summed E-state index contributed by atoms with van der Waals surface area (Å²) in [6.45, 7) is 6.83. The minimum Gasteiger partial charge on any atom is -0.372 e. The molecule has 0 spiro atoms. The summed E-state index contributed by atoms with van der Waals surface area (Å²) >= 11 is 1.70. The van der Waals surface area contributed by atoms with Gasteiger partial charge in [0.25, 0.3) is 0 Å². The third kappa shape index (κ3) is 2.27. The topological polar surface area (TPSA) is 22.1 Å². The Morgan fingerprint density at radius 1 is 1.73 bits per heavy atom. The highest BCUT2D eigenvalue weighted by Gasteiger charge is 2.07. The SMILES string of the molecule is CCOC(C)c1ncc(C)s1. The lowest BCUT2D eigenvalue weighted by molar-refractivity contribution is 0.0762. The molecule has 0 aliphatic rings. The first-order valence-electron chi connectivity index (χ1n) is 3.78. The molecule has 1 atom stereocenters. The van der Waals surface area contributed by atoms with Crippen LogP contribution in [0.2, 0.25) is 0 Å². The van der Waals surface area contributed by atoms with Crippen molar-refractivity contribution in [3.05, 3.63) is 16.1 Å². The second-order valence-electron chi connectivity index (χ2n) is 2.41. The van der Waals surface area contributed by atoms with Gasteiger partial charge in [-0.15, -0.1) is 11.3 Å². The number of aryl methyl sites for hydroxylation is 1. The largest absolute Gasteiger partial charge is 0.372 e. The van der Waals surface area contributed by atoms with E-state index in [1.165, 1.54) is 4.88 Å². The summed E-state index contributed by atoms with van der Waals surface area (Å²) in [5.74, 6) is 0. The number of rotatable bonds is 3. The van der Waals surface area contributed by atoms with Crippen molar-refractivity contribution >= 4 is 11.3 Å². The van der Waals surface area contributed by atoms with Crippen LogP contribution in [0.5, 0.6) is 0 Å². The van der Waals surface area contributed by atoms with Crippen LogP contribution >= 0.6 is 11.3 Å². The molecule has 0 N–H and O–H groups in total. The van der Waals surface area contributed by atoms with Crippen LogP contribution in [-0.4, -0.2) is 11.6 Å². The van der Waals surface area contributed by atoms with Gasteiger partial charge in [0.15, 0.2) is 0 Å². The van der Waals surface area contributed by atoms with Gasteiger partial charge in [0, 0.05) is 17.7 Å². The van der Waals surface area contributed by atoms with Gasteiger partial charge in [-0.3, -0.25) is 0 Å². The Kier molecular flexibility index (Phi) is 3.02. The van der Waals surface area contributed by atoms with Crippen LogP contribution in [0.3, 0.4) is 0 Å². The fourth-order valence-corrected chi connectivity index (χ4v) is 1.66. The monoisotopic (exact) mass is 171 g/mol. The molecule has 62 valence electrons. The van der Waals surface area contributed by atoms with E-state index in [1.807, 2.05) is 20.0 Å². The molecule has 3 heteroatoms. The minimum atomic E-state index is 0.152. The fourth-order valence-electron chi connectivity index (χ4n) is 0.881. The summed E-state index contributed by atoms with van der Waals surface area (Å²) in [5.41, 5.74) is 0. The number of ether oxygens (including phenoxy) is 1. The summed E-state index contributed by atoms with van der Waals surface area (Å²) in [6.07, 6.45) is 2.04. The zero-order valence-electron chi connectivity index (χ0n) is 7.13. The van der Waals surface area contributed by atoms with Crippen LogP contribution in [0.25, 0.3) is 0 Å². The van der Waals surface area contributed by atoms with Crippen LogP contribution in [-0.2, 0) is 4.74 Å². The van der Waals surface area contributed by atoms with E-state index >= 15 is 0 Å². The quantitative estimate of drug-likeness (QED) is 0.697. The summed E-state index contributed by atoms with van der Waals surface area (Å²) in [7, 11) is 0. The van der Waals surface area contributed by atoms with Gasteiger partial charge in [0.05, 0.1) is 0 Å². The van der Waals surface area contributed by atoms with Gasteiger partial charge in [0.1, 0.15) is 11.1 Å². The van der Waals surface area contributed by atoms with Crippen molar-refractivity contribution in [2.45, 2.75) is 26.9 Å². The highest BCUT2D eigenvalue weighted by Crippen LogP contribution is 2.21. The summed E-state index contributed by atoms with van der Waals surface area (Å²) in [6, 6.07) is 0. The van der Waals surface area contributed by atoms with Gasteiger partial charge in [-0.2, -0.15) is 0 Å². The average Bonchev–Trinajstić information content (AvgIpc) is 2.36. The molecule has 1 rings (SSSR count). The van der Waals surface area contributed by atoms with Crippen LogP contribution in [0.15, 0.2) is 6.20 Å². The molecule has 2 nitrogen and oxygen atoms in total. The first-order valence-corrected chi connectivity index (χ1v) is 4.59. The number of aromatic nitrogens is 1. The van der Waals surface area contributed by atoms with Crippen molar-refractivity contribution in [1.82, 2.24) is 4.98 Å². The fraction of sp³-hybridized carbons (Fsp3) is 0.625. The molecule has 0 amide bonds. The third-order valence-corrected chi connectivity index (χ3v) is 2.48. The van der Waals surface area contributed by atoms with E-state index in [4.69, 9.17) is 4.74 Å². The third-order valence-electron chi connectivity index (χ3n) is 1.40. The van der Waals surface area contributed by atoms with Crippen molar-refractivity contribution in [3.8, 4) is 0 Å². The molecule has 1 heterocycles. The van der Waals surface area contributed by atoms with Gasteiger partial charge in [-0.05, 0) is 20.8 Å². The van der Waals surface area contributed by atoms with Crippen LogP contribution in [0.1, 0.15) is 29.8 Å². The Hall–Kier alpha value is -0.410. The molecule has 1 unspecified atom stereocenters. The maximum Gasteiger partial charge on any atom is 0.121 e. The van der Waals surface area contributed by atoms with Gasteiger partial charge < -0.3 is 4.74 Å². The Labute approximate surface area is 71.2 Å². The standard InChI is InChI=1S/C8H13NOS/c1-4-10-7(3)8-9-5-6(2)11-8/h5,7H,4H2,1-3H3. The van der Waals surface area contributed by atoms with Crippen molar-refractivity contribution in [3.63, 3.8) is 0 Å². The maximum absolute atomic E-state index is 5.39. The molecule has 0 bridgehead atoms. The number of thiazole rings is 1. The smallest absolute Gasteiger partial charge is 0.121 e. The Morgan fingerprint density at radius 2 is 2.45 bits per heavy atom. The van der Waals surface area contributed by atoms with Crippen molar-refractivity contribution in [2.24, 2.45) is 0 Å². The zero-order chi connectivity index (χ0) is 8.27.